The maximum Gasteiger partial charge on any atom is 0.0965 e. The van der Waals surface area contributed by atoms with Crippen LogP contribution in [0.1, 0.15) is 31.2 Å². The molecule has 0 saturated heterocycles. The second-order valence-electron chi connectivity index (χ2n) is 3.74. The van der Waals surface area contributed by atoms with Crippen LogP contribution in [0.5, 0.6) is 0 Å². The van der Waals surface area contributed by atoms with E-state index < -0.39 is 0 Å². The molecule has 0 aliphatic carbocycles. The summed E-state index contributed by atoms with van der Waals surface area (Å²) < 4.78 is 5.14. The number of hydrogen-bond donors (Lipinski definition) is 1. The zero-order valence-corrected chi connectivity index (χ0v) is 10.5. The third kappa shape index (κ3) is 4.28. The monoisotopic (exact) mass is 228 g/mol. The van der Waals surface area contributed by atoms with Gasteiger partial charge in [-0.25, -0.2) is 4.98 Å². The van der Waals surface area contributed by atoms with Gasteiger partial charge in [0.15, 0.2) is 0 Å². The second kappa shape index (κ2) is 6.93. The van der Waals surface area contributed by atoms with Crippen LogP contribution in [0.25, 0.3) is 0 Å². The quantitative estimate of drug-likeness (QED) is 0.777. The first-order chi connectivity index (χ1) is 7.27. The van der Waals surface area contributed by atoms with Crippen LogP contribution in [0, 0.1) is 0 Å². The SMILES string of the molecule is CCC(COC)NCC(C)c1nccs1. The first-order valence-corrected chi connectivity index (χ1v) is 6.27. The molecule has 0 amide bonds. The molecular formula is C11H20N2OS. The minimum Gasteiger partial charge on any atom is -0.383 e. The highest BCUT2D eigenvalue weighted by atomic mass is 32.1. The summed E-state index contributed by atoms with van der Waals surface area (Å²) in [6, 6.07) is 0.456. The zero-order chi connectivity index (χ0) is 11.1. The summed E-state index contributed by atoms with van der Waals surface area (Å²) in [6.07, 6.45) is 2.96. The molecule has 1 aromatic rings. The fourth-order valence-corrected chi connectivity index (χ4v) is 2.13. The van der Waals surface area contributed by atoms with Gasteiger partial charge >= 0.3 is 0 Å². The van der Waals surface area contributed by atoms with Crippen LogP contribution < -0.4 is 5.32 Å². The predicted molar refractivity (Wildman–Crippen MR) is 64.5 cm³/mol. The number of nitrogens with zero attached hydrogens (tertiary/aromatic N) is 1. The number of hydrogen-bond acceptors (Lipinski definition) is 4. The standard InChI is InChI=1S/C11H20N2OS/c1-4-10(8-14-3)13-7-9(2)11-12-5-6-15-11/h5-6,9-10,13H,4,7-8H2,1-3H3. The maximum atomic E-state index is 5.14. The molecule has 15 heavy (non-hydrogen) atoms. The number of nitrogens with one attached hydrogen (secondary N) is 1. The highest BCUT2D eigenvalue weighted by molar-refractivity contribution is 7.09. The van der Waals surface area contributed by atoms with Crippen molar-refractivity contribution < 1.29 is 4.74 Å². The van der Waals surface area contributed by atoms with Crippen LogP contribution >= 0.6 is 11.3 Å². The van der Waals surface area contributed by atoms with Crippen LogP contribution in [0.3, 0.4) is 0 Å². The van der Waals surface area contributed by atoms with Crippen LogP contribution in [0.4, 0.5) is 0 Å². The lowest BCUT2D eigenvalue weighted by atomic mass is 10.1. The summed E-state index contributed by atoms with van der Waals surface area (Å²) >= 11 is 1.72. The van der Waals surface area contributed by atoms with Gasteiger partial charge in [-0.2, -0.15) is 0 Å². The van der Waals surface area contributed by atoms with Gasteiger partial charge in [0.05, 0.1) is 11.6 Å². The summed E-state index contributed by atoms with van der Waals surface area (Å²) in [5.74, 6) is 0.482. The van der Waals surface area contributed by atoms with E-state index in [0.29, 0.717) is 12.0 Å². The van der Waals surface area contributed by atoms with Gasteiger partial charge in [0.25, 0.3) is 0 Å². The molecule has 4 heteroatoms. The number of ether oxygens (including phenoxy) is 1. The van der Waals surface area contributed by atoms with E-state index in [1.54, 1.807) is 18.4 Å². The highest BCUT2D eigenvalue weighted by Crippen LogP contribution is 2.16. The van der Waals surface area contributed by atoms with Crippen LogP contribution in [-0.4, -0.2) is 31.3 Å². The Hall–Kier alpha value is -0.450. The van der Waals surface area contributed by atoms with Crippen molar-refractivity contribution >= 4 is 11.3 Å². The average molecular weight is 228 g/mol. The molecule has 0 spiro atoms. The van der Waals surface area contributed by atoms with Crippen molar-refractivity contribution in [3.8, 4) is 0 Å². The first kappa shape index (κ1) is 12.6. The molecule has 0 radical (unpaired) electrons. The van der Waals surface area contributed by atoms with E-state index in [1.807, 2.05) is 11.6 Å². The van der Waals surface area contributed by atoms with E-state index in [4.69, 9.17) is 4.74 Å². The second-order valence-corrected chi connectivity index (χ2v) is 4.67. The third-order valence-electron chi connectivity index (χ3n) is 2.45. The molecule has 0 saturated carbocycles. The Morgan fingerprint density at radius 3 is 2.93 bits per heavy atom. The molecule has 3 nitrogen and oxygen atoms in total. The largest absolute Gasteiger partial charge is 0.383 e. The summed E-state index contributed by atoms with van der Waals surface area (Å²) in [7, 11) is 1.74. The predicted octanol–water partition coefficient (Wildman–Crippen LogP) is 2.26. The molecule has 0 aliphatic rings. The zero-order valence-electron chi connectivity index (χ0n) is 9.69. The number of thiazole rings is 1. The molecule has 1 rings (SSSR count). The maximum absolute atomic E-state index is 5.14. The highest BCUT2D eigenvalue weighted by Gasteiger charge is 2.10. The summed E-state index contributed by atoms with van der Waals surface area (Å²) in [6.45, 7) is 6.12. The molecule has 0 bridgehead atoms. The van der Waals surface area contributed by atoms with E-state index in [2.05, 4.69) is 24.1 Å². The Balaban J connectivity index is 2.29. The van der Waals surface area contributed by atoms with Crippen molar-refractivity contribution in [3.63, 3.8) is 0 Å². The van der Waals surface area contributed by atoms with Gasteiger partial charge in [-0.3, -0.25) is 0 Å². The van der Waals surface area contributed by atoms with Crippen molar-refractivity contribution in [3.05, 3.63) is 16.6 Å². The minimum atomic E-state index is 0.456. The average Bonchev–Trinajstić information content (AvgIpc) is 2.77. The topological polar surface area (TPSA) is 34.1 Å². The van der Waals surface area contributed by atoms with E-state index in [9.17, 15) is 0 Å². The number of methoxy groups -OCH3 is 1. The minimum absolute atomic E-state index is 0.456. The lowest BCUT2D eigenvalue weighted by molar-refractivity contribution is 0.164. The smallest absolute Gasteiger partial charge is 0.0965 e. The van der Waals surface area contributed by atoms with Gasteiger partial charge in [0.2, 0.25) is 0 Å². The van der Waals surface area contributed by atoms with Crippen molar-refractivity contribution in [1.29, 1.82) is 0 Å². The van der Waals surface area contributed by atoms with Crippen molar-refractivity contribution in [1.82, 2.24) is 10.3 Å². The molecule has 1 aromatic heterocycles. The van der Waals surface area contributed by atoms with E-state index >= 15 is 0 Å². The van der Waals surface area contributed by atoms with Gasteiger partial charge in [-0.05, 0) is 6.42 Å². The van der Waals surface area contributed by atoms with Gasteiger partial charge in [-0.15, -0.1) is 11.3 Å². The van der Waals surface area contributed by atoms with Crippen LogP contribution in [0.2, 0.25) is 0 Å². The van der Waals surface area contributed by atoms with Gasteiger partial charge in [0, 0.05) is 37.2 Å². The Kier molecular flexibility index (Phi) is 5.83. The Morgan fingerprint density at radius 1 is 1.60 bits per heavy atom. The van der Waals surface area contributed by atoms with E-state index in [0.717, 1.165) is 19.6 Å². The summed E-state index contributed by atoms with van der Waals surface area (Å²) in [4.78, 5) is 4.31. The Labute approximate surface area is 95.9 Å². The fraction of sp³-hybridized carbons (Fsp3) is 0.727. The van der Waals surface area contributed by atoms with Crippen molar-refractivity contribution in [2.24, 2.45) is 0 Å². The van der Waals surface area contributed by atoms with Crippen molar-refractivity contribution in [2.75, 3.05) is 20.3 Å². The molecule has 0 aromatic carbocycles. The van der Waals surface area contributed by atoms with Crippen LogP contribution in [0.15, 0.2) is 11.6 Å². The van der Waals surface area contributed by atoms with Crippen molar-refractivity contribution in [2.45, 2.75) is 32.2 Å². The molecular weight excluding hydrogens is 208 g/mol. The molecule has 0 fully saturated rings. The normalized spacial score (nSPS) is 15.1. The van der Waals surface area contributed by atoms with Gasteiger partial charge < -0.3 is 10.1 Å². The lowest BCUT2D eigenvalue weighted by Gasteiger charge is -2.18. The van der Waals surface area contributed by atoms with E-state index in [-0.39, 0.29) is 0 Å². The number of rotatable bonds is 7. The molecule has 86 valence electrons. The molecule has 2 unspecified atom stereocenters. The van der Waals surface area contributed by atoms with E-state index in [1.165, 1.54) is 5.01 Å². The van der Waals surface area contributed by atoms with Gasteiger partial charge in [0.1, 0.15) is 0 Å². The summed E-state index contributed by atoms with van der Waals surface area (Å²) in [5, 5.41) is 6.73. The Bertz CT molecular complexity index is 251. The molecule has 1 heterocycles. The Morgan fingerprint density at radius 2 is 2.40 bits per heavy atom. The van der Waals surface area contributed by atoms with Crippen LogP contribution in [-0.2, 0) is 4.74 Å². The molecule has 2 atom stereocenters. The third-order valence-corrected chi connectivity index (χ3v) is 3.45. The fourth-order valence-electron chi connectivity index (χ4n) is 1.43. The molecule has 1 N–H and O–H groups in total. The number of aromatic nitrogens is 1. The molecule has 0 aliphatic heterocycles. The lowest BCUT2D eigenvalue weighted by Crippen LogP contribution is -2.35. The first-order valence-electron chi connectivity index (χ1n) is 5.39. The summed E-state index contributed by atoms with van der Waals surface area (Å²) in [5.41, 5.74) is 0. The van der Waals surface area contributed by atoms with Gasteiger partial charge in [-0.1, -0.05) is 13.8 Å².